The van der Waals surface area contributed by atoms with Crippen molar-refractivity contribution in [3.63, 3.8) is 0 Å². The highest BCUT2D eigenvalue weighted by molar-refractivity contribution is 9.10. The Morgan fingerprint density at radius 2 is 1.69 bits per heavy atom. The molecule has 9 heteroatoms. The number of hydrogen-bond acceptors (Lipinski definition) is 6. The molecule has 1 atom stereocenters. The van der Waals surface area contributed by atoms with Crippen LogP contribution in [0.5, 0.6) is 0 Å². The maximum absolute atomic E-state index is 13.0. The maximum atomic E-state index is 13.0. The number of ketones is 1. The number of likely N-dealkylation sites (tertiary alicyclic amines) is 1. The Bertz CT molecular complexity index is 1050. The lowest BCUT2D eigenvalue weighted by atomic mass is 9.95. The van der Waals surface area contributed by atoms with Gasteiger partial charge in [0.05, 0.1) is 16.5 Å². The summed E-state index contributed by atoms with van der Waals surface area (Å²) >= 11 is 3.34. The molecule has 2 aromatic carbocycles. The fourth-order valence-corrected chi connectivity index (χ4v) is 4.05. The summed E-state index contributed by atoms with van der Waals surface area (Å²) < 4.78 is 0.806. The molecular weight excluding hydrogens is 478 g/mol. The van der Waals surface area contributed by atoms with Gasteiger partial charge in [-0.2, -0.15) is 0 Å². The van der Waals surface area contributed by atoms with Crippen LogP contribution in [0.2, 0.25) is 0 Å². The number of nitro benzene ring substituents is 1. The highest BCUT2D eigenvalue weighted by Gasteiger charge is 2.46. The molecule has 0 bridgehead atoms. The summed E-state index contributed by atoms with van der Waals surface area (Å²) in [6.45, 7) is 6.45. The minimum atomic E-state index is -0.838. The van der Waals surface area contributed by atoms with Gasteiger partial charge in [0.15, 0.2) is 0 Å². The third-order valence-corrected chi connectivity index (χ3v) is 6.16. The quantitative estimate of drug-likeness (QED) is 0.192. The van der Waals surface area contributed by atoms with Gasteiger partial charge in [0.1, 0.15) is 5.76 Å². The van der Waals surface area contributed by atoms with E-state index in [0.717, 1.165) is 17.6 Å². The van der Waals surface area contributed by atoms with Crippen LogP contribution in [0.15, 0.2) is 58.6 Å². The minimum Gasteiger partial charge on any atom is -0.507 e. The fraction of sp³-hybridized carbons (Fsp3) is 0.304. The zero-order valence-electron chi connectivity index (χ0n) is 17.8. The van der Waals surface area contributed by atoms with Crippen LogP contribution in [0.4, 0.5) is 5.69 Å². The number of hydrogen-bond donors (Lipinski definition) is 1. The molecule has 1 unspecified atom stereocenters. The van der Waals surface area contributed by atoms with E-state index in [1.165, 1.54) is 29.2 Å². The van der Waals surface area contributed by atoms with Crippen LogP contribution in [-0.4, -0.2) is 57.7 Å². The average Bonchev–Trinajstić information content (AvgIpc) is 3.04. The van der Waals surface area contributed by atoms with Crippen molar-refractivity contribution in [3.05, 3.63) is 79.8 Å². The molecule has 168 valence electrons. The third kappa shape index (κ3) is 4.73. The van der Waals surface area contributed by atoms with Crippen LogP contribution in [-0.2, 0) is 9.59 Å². The third-order valence-electron chi connectivity index (χ3n) is 5.63. The molecule has 0 aliphatic carbocycles. The summed E-state index contributed by atoms with van der Waals surface area (Å²) in [4.78, 5) is 40.1. The van der Waals surface area contributed by atoms with E-state index in [1.807, 2.05) is 13.8 Å². The molecule has 1 aliphatic heterocycles. The van der Waals surface area contributed by atoms with E-state index in [0.29, 0.717) is 17.7 Å². The van der Waals surface area contributed by atoms with Gasteiger partial charge >= 0.3 is 0 Å². The number of non-ortho nitro benzene ring substituents is 1. The van der Waals surface area contributed by atoms with Gasteiger partial charge in [-0.15, -0.1) is 0 Å². The van der Waals surface area contributed by atoms with Crippen LogP contribution in [0.3, 0.4) is 0 Å². The molecular formula is C23H24BrN3O5. The van der Waals surface area contributed by atoms with Gasteiger partial charge in [0.25, 0.3) is 17.4 Å². The molecule has 1 saturated heterocycles. The van der Waals surface area contributed by atoms with Crippen LogP contribution >= 0.6 is 15.9 Å². The number of carbonyl (C=O) groups excluding carboxylic acids is 2. The number of aliphatic hydroxyl groups is 1. The molecule has 2 aromatic rings. The largest absolute Gasteiger partial charge is 0.507 e. The lowest BCUT2D eigenvalue weighted by Crippen LogP contribution is -2.38. The Morgan fingerprint density at radius 3 is 2.22 bits per heavy atom. The standard InChI is InChI=1S/C23H24BrN3O5/c1-3-25(4-2)13-14-26-20(15-7-11-18(12-8-15)27(31)32)19(22(29)23(26)30)21(28)16-5-9-17(24)10-6-16/h5-12,20,28H,3-4,13-14H2,1-2H3/b21-19+. The molecule has 0 aromatic heterocycles. The average molecular weight is 502 g/mol. The van der Waals surface area contributed by atoms with Gasteiger partial charge in [-0.1, -0.05) is 41.9 Å². The van der Waals surface area contributed by atoms with E-state index in [-0.39, 0.29) is 23.6 Å². The van der Waals surface area contributed by atoms with Crippen molar-refractivity contribution in [2.75, 3.05) is 26.2 Å². The highest BCUT2D eigenvalue weighted by Crippen LogP contribution is 2.39. The van der Waals surface area contributed by atoms with E-state index in [2.05, 4.69) is 20.8 Å². The zero-order chi connectivity index (χ0) is 23.4. The number of benzene rings is 2. The first-order valence-corrected chi connectivity index (χ1v) is 11.1. The van der Waals surface area contributed by atoms with Crippen LogP contribution < -0.4 is 0 Å². The van der Waals surface area contributed by atoms with Crippen molar-refractivity contribution in [1.29, 1.82) is 0 Å². The lowest BCUT2D eigenvalue weighted by Gasteiger charge is -2.28. The number of Topliss-reactive ketones (excluding diaryl/α,β-unsaturated/α-hetero) is 1. The Balaban J connectivity index is 2.10. The maximum Gasteiger partial charge on any atom is 0.295 e. The molecule has 1 heterocycles. The Labute approximate surface area is 194 Å². The van der Waals surface area contributed by atoms with Gasteiger partial charge in [-0.3, -0.25) is 19.7 Å². The molecule has 8 nitrogen and oxygen atoms in total. The second-order valence-electron chi connectivity index (χ2n) is 7.37. The van der Waals surface area contributed by atoms with E-state index < -0.39 is 22.7 Å². The van der Waals surface area contributed by atoms with Gasteiger partial charge < -0.3 is 14.9 Å². The minimum absolute atomic E-state index is 0.0225. The summed E-state index contributed by atoms with van der Waals surface area (Å²) in [5.41, 5.74) is 0.808. The van der Waals surface area contributed by atoms with Gasteiger partial charge in [0, 0.05) is 35.3 Å². The molecule has 32 heavy (non-hydrogen) atoms. The summed E-state index contributed by atoms with van der Waals surface area (Å²) in [7, 11) is 0. The molecule has 1 amide bonds. The van der Waals surface area contributed by atoms with E-state index in [9.17, 15) is 24.8 Å². The van der Waals surface area contributed by atoms with E-state index in [4.69, 9.17) is 0 Å². The predicted octanol–water partition coefficient (Wildman–Crippen LogP) is 4.12. The van der Waals surface area contributed by atoms with Gasteiger partial charge in [-0.25, -0.2) is 0 Å². The molecule has 0 spiro atoms. The molecule has 0 saturated carbocycles. The number of likely N-dealkylation sites (N-methyl/N-ethyl adjacent to an activating group) is 1. The van der Waals surface area contributed by atoms with Crippen molar-refractivity contribution in [3.8, 4) is 0 Å². The van der Waals surface area contributed by atoms with Gasteiger partial charge in [0.2, 0.25) is 0 Å². The second-order valence-corrected chi connectivity index (χ2v) is 8.29. The first kappa shape index (κ1) is 23.6. The number of rotatable bonds is 8. The van der Waals surface area contributed by atoms with Crippen LogP contribution in [0.1, 0.15) is 31.0 Å². The van der Waals surface area contributed by atoms with Crippen LogP contribution in [0, 0.1) is 10.1 Å². The number of nitrogens with zero attached hydrogens (tertiary/aromatic N) is 3. The predicted molar refractivity (Wildman–Crippen MR) is 124 cm³/mol. The molecule has 0 radical (unpaired) electrons. The summed E-state index contributed by atoms with van der Waals surface area (Å²) in [6, 6.07) is 11.6. The highest BCUT2D eigenvalue weighted by atomic mass is 79.9. The summed E-state index contributed by atoms with van der Waals surface area (Å²) in [6.07, 6.45) is 0. The van der Waals surface area contributed by atoms with Crippen molar-refractivity contribution >= 4 is 39.1 Å². The molecule has 1 fully saturated rings. The molecule has 3 rings (SSSR count). The number of nitro groups is 1. The SMILES string of the molecule is CCN(CC)CCN1C(=O)C(=O)/C(=C(/O)c2ccc(Br)cc2)C1c1ccc([N+](=O)[O-])cc1. The number of aliphatic hydroxyl groups excluding tert-OH is 1. The van der Waals surface area contributed by atoms with E-state index in [1.54, 1.807) is 24.3 Å². The number of amides is 1. The Kier molecular flexibility index (Phi) is 7.42. The topological polar surface area (TPSA) is 104 Å². The van der Waals surface area contributed by atoms with Gasteiger partial charge in [-0.05, 0) is 42.9 Å². The van der Waals surface area contributed by atoms with Crippen molar-refractivity contribution < 1.29 is 19.6 Å². The van der Waals surface area contributed by atoms with E-state index >= 15 is 0 Å². The Morgan fingerprint density at radius 1 is 1.09 bits per heavy atom. The summed E-state index contributed by atoms with van der Waals surface area (Å²) in [5.74, 6) is -1.74. The second kappa shape index (κ2) is 10.1. The number of carbonyl (C=O) groups is 2. The van der Waals surface area contributed by atoms with Crippen molar-refractivity contribution in [1.82, 2.24) is 9.80 Å². The Hall–Kier alpha value is -3.04. The smallest absolute Gasteiger partial charge is 0.295 e. The molecule has 1 N–H and O–H groups in total. The lowest BCUT2D eigenvalue weighted by molar-refractivity contribution is -0.384. The zero-order valence-corrected chi connectivity index (χ0v) is 19.4. The van der Waals surface area contributed by atoms with Crippen molar-refractivity contribution in [2.24, 2.45) is 0 Å². The first-order chi connectivity index (χ1) is 15.3. The fourth-order valence-electron chi connectivity index (χ4n) is 3.79. The first-order valence-electron chi connectivity index (χ1n) is 10.3. The van der Waals surface area contributed by atoms with Crippen LogP contribution in [0.25, 0.3) is 5.76 Å². The van der Waals surface area contributed by atoms with Crippen molar-refractivity contribution in [2.45, 2.75) is 19.9 Å². The monoisotopic (exact) mass is 501 g/mol. The normalized spacial score (nSPS) is 17.9. The number of halogens is 1. The summed E-state index contributed by atoms with van der Waals surface area (Å²) in [5, 5.41) is 22.1. The molecule has 1 aliphatic rings.